The van der Waals surface area contributed by atoms with Crippen LogP contribution in [0.1, 0.15) is 36.0 Å². The number of aliphatic imine (C=N–C) groups is 1. The van der Waals surface area contributed by atoms with Crippen LogP contribution in [0.4, 0.5) is 0 Å². The number of amides is 1. The van der Waals surface area contributed by atoms with Gasteiger partial charge in [-0.15, -0.1) is 0 Å². The summed E-state index contributed by atoms with van der Waals surface area (Å²) in [5, 5.41) is 18.7. The summed E-state index contributed by atoms with van der Waals surface area (Å²) < 4.78 is 11.6. The number of nitriles is 2. The third kappa shape index (κ3) is 3.77. The number of ether oxygens (including phenoxy) is 2. The molecule has 2 aromatic rings. The minimum atomic E-state index is -1.20. The van der Waals surface area contributed by atoms with Gasteiger partial charge in [0.05, 0.1) is 29.9 Å². The molecule has 0 aromatic heterocycles. The van der Waals surface area contributed by atoms with Gasteiger partial charge in [-0.25, -0.2) is 4.99 Å². The van der Waals surface area contributed by atoms with E-state index in [2.05, 4.69) is 17.1 Å². The fraction of sp³-hybridized carbons (Fsp3) is 0.333. The van der Waals surface area contributed by atoms with Gasteiger partial charge in [0.2, 0.25) is 0 Å². The summed E-state index contributed by atoms with van der Waals surface area (Å²) >= 11 is 0. The molecule has 8 nitrogen and oxygen atoms in total. The van der Waals surface area contributed by atoms with E-state index < -0.39 is 5.54 Å². The van der Waals surface area contributed by atoms with E-state index in [1.165, 1.54) is 4.90 Å². The highest BCUT2D eigenvalue weighted by molar-refractivity contribution is 6.07. The third-order valence-electron chi connectivity index (χ3n) is 5.82. The standard InChI is InChI=1S/C24H23N5O3/c1-29-22(30)24(28-23(29)27)6-2-3-7-31-8-9-32-21-5-4-18(13-20(21)24)19-11-16(14-25)10-17(12-19)15-26/h4-5,10-13H,2-3,6-9H2,1H3,(H2,27,28)/t24-/m0/s1. The van der Waals surface area contributed by atoms with E-state index in [0.717, 1.165) is 18.4 Å². The maximum absolute atomic E-state index is 13.4. The van der Waals surface area contributed by atoms with Crippen LogP contribution in [0.25, 0.3) is 11.1 Å². The number of guanidine groups is 1. The maximum atomic E-state index is 13.4. The van der Waals surface area contributed by atoms with Gasteiger partial charge in [0.15, 0.2) is 11.5 Å². The average molecular weight is 429 g/mol. The average Bonchev–Trinajstić information content (AvgIpc) is 3.02. The lowest BCUT2D eigenvalue weighted by atomic mass is 9.82. The number of carbonyl (C=O) groups is 1. The molecule has 32 heavy (non-hydrogen) atoms. The molecule has 2 N–H and O–H groups in total. The summed E-state index contributed by atoms with van der Waals surface area (Å²) in [6, 6.07) is 14.7. The van der Waals surface area contributed by atoms with Crippen LogP contribution in [-0.2, 0) is 15.1 Å². The molecule has 2 heterocycles. The number of likely N-dealkylation sites (N-methyl/N-ethyl adjacent to an activating group) is 1. The zero-order chi connectivity index (χ0) is 22.7. The predicted octanol–water partition coefficient (Wildman–Crippen LogP) is 2.66. The summed E-state index contributed by atoms with van der Waals surface area (Å²) in [6.45, 7) is 1.37. The van der Waals surface area contributed by atoms with Crippen LogP contribution in [0.3, 0.4) is 0 Å². The number of nitrogens with zero attached hydrogens (tertiary/aromatic N) is 4. The molecule has 1 spiro atoms. The van der Waals surface area contributed by atoms with Gasteiger partial charge in [-0.1, -0.05) is 6.07 Å². The first-order valence-electron chi connectivity index (χ1n) is 10.4. The SMILES string of the molecule is CN1C(=O)[C@@]2(CCCCOCCOc3ccc(-c4cc(C#N)cc(C#N)c4)cc32)N=C1N. The van der Waals surface area contributed by atoms with E-state index in [1.807, 2.05) is 12.1 Å². The first-order chi connectivity index (χ1) is 15.5. The van der Waals surface area contributed by atoms with Gasteiger partial charge in [0, 0.05) is 19.2 Å². The summed E-state index contributed by atoms with van der Waals surface area (Å²) in [7, 11) is 1.62. The maximum Gasteiger partial charge on any atom is 0.261 e. The number of rotatable bonds is 1. The minimum Gasteiger partial charge on any atom is -0.491 e. The van der Waals surface area contributed by atoms with Gasteiger partial charge in [-0.2, -0.15) is 10.5 Å². The molecule has 1 amide bonds. The van der Waals surface area contributed by atoms with E-state index in [1.54, 1.807) is 31.3 Å². The smallest absolute Gasteiger partial charge is 0.261 e. The van der Waals surface area contributed by atoms with Gasteiger partial charge in [-0.05, 0) is 60.7 Å². The highest BCUT2D eigenvalue weighted by Gasteiger charge is 2.49. The molecule has 1 atom stereocenters. The highest BCUT2D eigenvalue weighted by Crippen LogP contribution is 2.43. The second-order valence-corrected chi connectivity index (χ2v) is 7.85. The van der Waals surface area contributed by atoms with Gasteiger partial charge >= 0.3 is 0 Å². The molecule has 0 fully saturated rings. The first-order valence-corrected chi connectivity index (χ1v) is 10.4. The Bertz CT molecular complexity index is 1140. The Morgan fingerprint density at radius 2 is 1.78 bits per heavy atom. The number of hydrogen-bond acceptors (Lipinski definition) is 7. The van der Waals surface area contributed by atoms with Crippen LogP contribution < -0.4 is 10.5 Å². The Labute approximate surface area is 186 Å². The molecule has 4 rings (SSSR count). The lowest BCUT2D eigenvalue weighted by Crippen LogP contribution is -2.40. The van der Waals surface area contributed by atoms with Crippen LogP contribution in [0.2, 0.25) is 0 Å². The summed E-state index contributed by atoms with van der Waals surface area (Å²) in [5.74, 6) is 0.493. The van der Waals surface area contributed by atoms with Crippen molar-refractivity contribution in [2.45, 2.75) is 24.8 Å². The van der Waals surface area contributed by atoms with Crippen molar-refractivity contribution in [2.24, 2.45) is 10.7 Å². The van der Waals surface area contributed by atoms with Crippen molar-refractivity contribution < 1.29 is 14.3 Å². The molecular formula is C24H23N5O3. The molecule has 0 unspecified atom stereocenters. The van der Waals surface area contributed by atoms with E-state index in [-0.39, 0.29) is 11.9 Å². The summed E-state index contributed by atoms with van der Waals surface area (Å²) in [4.78, 5) is 19.4. The minimum absolute atomic E-state index is 0.163. The molecule has 162 valence electrons. The number of nitrogens with two attached hydrogens (primary N) is 1. The van der Waals surface area contributed by atoms with Gasteiger partial charge < -0.3 is 15.2 Å². The molecule has 0 saturated carbocycles. The van der Waals surface area contributed by atoms with Crippen molar-refractivity contribution in [1.29, 1.82) is 10.5 Å². The first kappa shape index (κ1) is 21.4. The normalized spacial score (nSPS) is 21.0. The second-order valence-electron chi connectivity index (χ2n) is 7.85. The van der Waals surface area contributed by atoms with Crippen molar-refractivity contribution in [3.8, 4) is 29.0 Å². The summed E-state index contributed by atoms with van der Waals surface area (Å²) in [6.07, 6.45) is 1.98. The second kappa shape index (κ2) is 8.70. The largest absolute Gasteiger partial charge is 0.491 e. The van der Waals surface area contributed by atoms with Crippen molar-refractivity contribution in [3.05, 3.63) is 53.1 Å². The van der Waals surface area contributed by atoms with E-state index in [0.29, 0.717) is 54.2 Å². The Morgan fingerprint density at radius 3 is 2.44 bits per heavy atom. The van der Waals surface area contributed by atoms with Crippen LogP contribution in [-0.4, -0.2) is 43.6 Å². The van der Waals surface area contributed by atoms with Crippen LogP contribution in [0.15, 0.2) is 41.4 Å². The van der Waals surface area contributed by atoms with E-state index in [4.69, 9.17) is 15.2 Å². The Balaban J connectivity index is 1.91. The molecule has 0 aliphatic carbocycles. The molecular weight excluding hydrogens is 406 g/mol. The van der Waals surface area contributed by atoms with Gasteiger partial charge in [0.25, 0.3) is 5.91 Å². The zero-order valence-electron chi connectivity index (χ0n) is 17.8. The summed E-state index contributed by atoms with van der Waals surface area (Å²) in [5.41, 5.74) is 7.72. The molecule has 2 aromatic carbocycles. The molecule has 8 heteroatoms. The predicted molar refractivity (Wildman–Crippen MR) is 118 cm³/mol. The van der Waals surface area contributed by atoms with Crippen molar-refractivity contribution >= 4 is 11.9 Å². The number of benzene rings is 2. The van der Waals surface area contributed by atoms with Crippen LogP contribution in [0, 0.1) is 22.7 Å². The number of hydrogen-bond donors (Lipinski definition) is 1. The quantitative estimate of drug-likeness (QED) is 0.743. The lowest BCUT2D eigenvalue weighted by molar-refractivity contribution is -0.131. The number of carbonyl (C=O) groups excluding carboxylic acids is 1. The number of fused-ring (bicyclic) bond motifs is 2. The molecule has 2 aliphatic rings. The monoisotopic (exact) mass is 429 g/mol. The van der Waals surface area contributed by atoms with Crippen molar-refractivity contribution in [3.63, 3.8) is 0 Å². The van der Waals surface area contributed by atoms with Crippen molar-refractivity contribution in [2.75, 3.05) is 26.9 Å². The lowest BCUT2D eigenvalue weighted by Gasteiger charge is -2.28. The Kier molecular flexibility index (Phi) is 5.81. The fourth-order valence-corrected chi connectivity index (χ4v) is 4.15. The third-order valence-corrected chi connectivity index (χ3v) is 5.82. The van der Waals surface area contributed by atoms with Crippen molar-refractivity contribution in [1.82, 2.24) is 4.90 Å². The molecule has 0 bridgehead atoms. The molecule has 0 radical (unpaired) electrons. The Hall–Kier alpha value is -3.88. The molecule has 2 aliphatic heterocycles. The molecule has 0 saturated heterocycles. The van der Waals surface area contributed by atoms with Crippen LogP contribution in [0.5, 0.6) is 5.75 Å². The van der Waals surface area contributed by atoms with Gasteiger partial charge in [-0.3, -0.25) is 9.69 Å². The van der Waals surface area contributed by atoms with Gasteiger partial charge in [0.1, 0.15) is 12.4 Å². The van der Waals surface area contributed by atoms with E-state index >= 15 is 0 Å². The zero-order valence-corrected chi connectivity index (χ0v) is 17.8. The Morgan fingerprint density at radius 1 is 1.03 bits per heavy atom. The topological polar surface area (TPSA) is 125 Å². The fourth-order valence-electron chi connectivity index (χ4n) is 4.15. The van der Waals surface area contributed by atoms with E-state index in [9.17, 15) is 15.3 Å². The van der Waals surface area contributed by atoms with Crippen LogP contribution >= 0.6 is 0 Å². The highest BCUT2D eigenvalue weighted by atomic mass is 16.5.